The molecule has 19 heteroatoms. The SMILES string of the molecule is O=P(O)(O)OP(=O)(O)OCOP(=O)(O)OP(=O)(O)O.[NaH]. The number of hydrogen-bond acceptors (Lipinski definition) is 8. The molecule has 0 saturated heterocycles. The predicted molar refractivity (Wildman–Crippen MR) is 60.1 cm³/mol. The predicted octanol–water partition coefficient (Wildman–Crippen LogP) is -1.25. The van der Waals surface area contributed by atoms with Gasteiger partial charge in [-0.15, -0.1) is 0 Å². The zero-order valence-electron chi connectivity index (χ0n) is 8.45. The third kappa shape index (κ3) is 14.5. The molecule has 2 unspecified atom stereocenters. The number of phosphoric acid groups is 4. The van der Waals surface area contributed by atoms with Crippen LogP contribution in [0, 0.1) is 0 Å². The Morgan fingerprint density at radius 3 is 1.10 bits per heavy atom. The van der Waals surface area contributed by atoms with Crippen molar-refractivity contribution in [2.75, 3.05) is 6.79 Å². The second-order valence-corrected chi connectivity index (χ2v) is 8.12. The number of hydrogen-bond donors (Lipinski definition) is 6. The van der Waals surface area contributed by atoms with E-state index in [0.29, 0.717) is 0 Å². The summed E-state index contributed by atoms with van der Waals surface area (Å²) in [4.78, 5) is 50.0. The third-order valence-electron chi connectivity index (χ3n) is 0.851. The van der Waals surface area contributed by atoms with Gasteiger partial charge in [-0.05, 0) is 0 Å². The van der Waals surface area contributed by atoms with E-state index in [0.717, 1.165) is 0 Å². The average molecular weight is 392 g/mol. The molecule has 0 saturated carbocycles. The first-order valence-electron chi connectivity index (χ1n) is 3.60. The molecule has 118 valence electrons. The summed E-state index contributed by atoms with van der Waals surface area (Å²) in [7, 11) is -21.4. The van der Waals surface area contributed by atoms with Crippen molar-refractivity contribution in [1.29, 1.82) is 0 Å². The summed E-state index contributed by atoms with van der Waals surface area (Å²) < 4.78 is 55.7. The van der Waals surface area contributed by atoms with E-state index in [1.807, 2.05) is 0 Å². The van der Waals surface area contributed by atoms with Crippen LogP contribution in [0.4, 0.5) is 0 Å². The summed E-state index contributed by atoms with van der Waals surface area (Å²) in [5.74, 6) is 0. The van der Waals surface area contributed by atoms with Crippen LogP contribution in [-0.2, 0) is 35.9 Å². The molecule has 0 fully saturated rings. The first-order valence-corrected chi connectivity index (χ1v) is 9.65. The third-order valence-corrected chi connectivity index (χ3v) is 5.07. The van der Waals surface area contributed by atoms with Crippen LogP contribution in [0.1, 0.15) is 0 Å². The molecule has 14 nitrogen and oxygen atoms in total. The van der Waals surface area contributed by atoms with E-state index < -0.39 is 38.1 Å². The molecule has 6 N–H and O–H groups in total. The Morgan fingerprint density at radius 1 is 0.650 bits per heavy atom. The molecule has 0 spiro atoms. The number of rotatable bonds is 8. The average Bonchev–Trinajstić information content (AvgIpc) is 1.90. The maximum absolute atomic E-state index is 10.8. The Labute approximate surface area is 133 Å². The monoisotopic (exact) mass is 392 g/mol. The summed E-state index contributed by atoms with van der Waals surface area (Å²) in [6.07, 6.45) is 0. The molecule has 0 bridgehead atoms. The van der Waals surface area contributed by atoms with Crippen LogP contribution in [0.3, 0.4) is 0 Å². The normalized spacial score (nSPS) is 18.7. The van der Waals surface area contributed by atoms with Crippen molar-refractivity contribution in [1.82, 2.24) is 0 Å². The van der Waals surface area contributed by atoms with Crippen LogP contribution in [0.2, 0.25) is 0 Å². The molecule has 0 heterocycles. The van der Waals surface area contributed by atoms with Gasteiger partial charge < -0.3 is 29.4 Å². The molecule has 2 atom stereocenters. The van der Waals surface area contributed by atoms with Gasteiger partial charge in [0, 0.05) is 0 Å². The fourth-order valence-corrected chi connectivity index (χ4v) is 3.46. The molecule has 0 aromatic carbocycles. The van der Waals surface area contributed by atoms with Gasteiger partial charge in [-0.3, -0.25) is 9.05 Å². The van der Waals surface area contributed by atoms with E-state index >= 15 is 0 Å². The van der Waals surface area contributed by atoms with Crippen molar-refractivity contribution in [2.45, 2.75) is 0 Å². The van der Waals surface area contributed by atoms with Crippen molar-refractivity contribution in [3.05, 3.63) is 0 Å². The number of phosphoric ester groups is 2. The second-order valence-electron chi connectivity index (χ2n) is 2.46. The summed E-state index contributed by atoms with van der Waals surface area (Å²) >= 11 is 0. The zero-order valence-corrected chi connectivity index (χ0v) is 12.0. The van der Waals surface area contributed by atoms with Crippen LogP contribution in [0.25, 0.3) is 0 Å². The fraction of sp³-hybridized carbons (Fsp3) is 1.00. The van der Waals surface area contributed by atoms with Gasteiger partial charge in [0.2, 0.25) is 0 Å². The van der Waals surface area contributed by atoms with Crippen LogP contribution in [-0.4, -0.2) is 65.7 Å². The molecular formula is CH9NaO14P4. The molecule has 0 aromatic heterocycles. The summed E-state index contributed by atoms with van der Waals surface area (Å²) in [6.45, 7) is -1.60. The fourth-order valence-electron chi connectivity index (χ4n) is 0.473. The van der Waals surface area contributed by atoms with Gasteiger partial charge in [0.1, 0.15) is 0 Å². The van der Waals surface area contributed by atoms with E-state index in [-0.39, 0.29) is 29.6 Å². The van der Waals surface area contributed by atoms with Crippen LogP contribution < -0.4 is 0 Å². The second kappa shape index (κ2) is 8.39. The van der Waals surface area contributed by atoms with Crippen molar-refractivity contribution < 1.29 is 65.3 Å². The van der Waals surface area contributed by atoms with E-state index in [4.69, 9.17) is 29.4 Å². The van der Waals surface area contributed by atoms with Crippen LogP contribution >= 0.6 is 31.3 Å². The summed E-state index contributed by atoms with van der Waals surface area (Å²) in [5, 5.41) is 0. The van der Waals surface area contributed by atoms with Crippen molar-refractivity contribution >= 4 is 60.8 Å². The zero-order chi connectivity index (χ0) is 15.5. The van der Waals surface area contributed by atoms with Gasteiger partial charge >= 0.3 is 60.8 Å². The Kier molecular flexibility index (Phi) is 9.98. The summed E-state index contributed by atoms with van der Waals surface area (Å²) in [6, 6.07) is 0. The van der Waals surface area contributed by atoms with Gasteiger partial charge in [-0.2, -0.15) is 8.62 Å². The molecule has 0 aromatic rings. The molecule has 0 aliphatic rings. The van der Waals surface area contributed by atoms with Crippen molar-refractivity contribution in [3.8, 4) is 0 Å². The van der Waals surface area contributed by atoms with Gasteiger partial charge in [0.25, 0.3) is 0 Å². The van der Waals surface area contributed by atoms with E-state index in [2.05, 4.69) is 17.7 Å². The molecule has 0 aliphatic heterocycles. The van der Waals surface area contributed by atoms with Gasteiger partial charge in [-0.1, -0.05) is 0 Å². The first kappa shape index (κ1) is 23.8. The van der Waals surface area contributed by atoms with E-state index in [1.54, 1.807) is 0 Å². The minimum atomic E-state index is -5.38. The topological polar surface area (TPSA) is 227 Å². The van der Waals surface area contributed by atoms with Gasteiger partial charge in [-0.25, -0.2) is 18.3 Å². The standard InChI is InChI=1S/CH8O14P4.Na.H/c2-16(3,4)14-18(8,9)12-1-13-19(10,11)15-17(5,6)7;;/h1H2,(H,8,9)(H,10,11)(H2,2,3,4)(H2,5,6,7);;. The molecule has 20 heavy (non-hydrogen) atoms. The Balaban J connectivity index is 0. The van der Waals surface area contributed by atoms with Crippen LogP contribution in [0.15, 0.2) is 0 Å². The molecule has 0 amide bonds. The Hall–Kier alpha value is 1.52. The van der Waals surface area contributed by atoms with Gasteiger partial charge in [0.15, 0.2) is 6.79 Å². The Morgan fingerprint density at radius 2 is 0.900 bits per heavy atom. The minimum absolute atomic E-state index is 0. The van der Waals surface area contributed by atoms with Crippen molar-refractivity contribution in [2.24, 2.45) is 0 Å². The Bertz CT molecular complexity index is 439. The van der Waals surface area contributed by atoms with E-state index in [1.165, 1.54) is 0 Å². The molecule has 0 aliphatic carbocycles. The molecule has 0 radical (unpaired) electrons. The van der Waals surface area contributed by atoms with Crippen LogP contribution in [0.5, 0.6) is 0 Å². The van der Waals surface area contributed by atoms with Crippen molar-refractivity contribution in [3.63, 3.8) is 0 Å². The summed E-state index contributed by atoms with van der Waals surface area (Å²) in [5.41, 5.74) is 0. The first-order chi connectivity index (χ1) is 8.12. The molecular weight excluding hydrogens is 383 g/mol. The quantitative estimate of drug-likeness (QED) is 0.161. The molecule has 0 rings (SSSR count). The van der Waals surface area contributed by atoms with E-state index in [9.17, 15) is 18.3 Å². The van der Waals surface area contributed by atoms with Gasteiger partial charge in [0.05, 0.1) is 0 Å². The maximum atomic E-state index is 10.8.